The molecule has 0 bridgehead atoms. The molecule has 3 rings (SSSR count). The number of rotatable bonds is 1. The van der Waals surface area contributed by atoms with Crippen LogP contribution in [-0.2, 0) is 12.4 Å². The number of fused-ring (bicyclic) bond motifs is 1. The number of hydrogen-bond donors (Lipinski definition) is 0. The quantitative estimate of drug-likeness (QED) is 0.455. The van der Waals surface area contributed by atoms with Crippen LogP contribution in [0, 0.1) is 6.57 Å². The molecule has 1 aromatic carbocycles. The normalized spacial score (nSPS) is 12.4. The van der Waals surface area contributed by atoms with Crippen molar-refractivity contribution in [2.24, 2.45) is 0 Å². The molecule has 0 aliphatic heterocycles. The maximum Gasteiger partial charge on any atom is 0.433 e. The topological polar surface area (TPSA) is 34.5 Å². The highest BCUT2D eigenvalue weighted by Crippen LogP contribution is 2.35. The monoisotopic (exact) mass is 356 g/mol. The van der Waals surface area contributed by atoms with Crippen LogP contribution in [-0.4, -0.2) is 14.4 Å². The van der Waals surface area contributed by atoms with Crippen molar-refractivity contribution in [3.05, 3.63) is 59.3 Å². The molecule has 0 aliphatic rings. The molecule has 0 radical (unpaired) electrons. The van der Waals surface area contributed by atoms with Crippen molar-refractivity contribution in [1.82, 2.24) is 14.4 Å². The lowest BCUT2D eigenvalue weighted by atomic mass is 10.1. The van der Waals surface area contributed by atoms with Gasteiger partial charge in [0.25, 0.3) is 5.82 Å². The van der Waals surface area contributed by atoms with Gasteiger partial charge in [0.2, 0.25) is 5.69 Å². The third kappa shape index (κ3) is 3.00. The fourth-order valence-electron chi connectivity index (χ4n) is 2.25. The van der Waals surface area contributed by atoms with Crippen LogP contribution in [0.25, 0.3) is 21.7 Å². The van der Waals surface area contributed by atoms with E-state index in [4.69, 9.17) is 6.57 Å². The fourth-order valence-corrected chi connectivity index (χ4v) is 2.25. The zero-order valence-electron chi connectivity index (χ0n) is 12.0. The third-order valence-corrected chi connectivity index (χ3v) is 3.37. The molecule has 25 heavy (non-hydrogen) atoms. The molecule has 0 spiro atoms. The van der Waals surface area contributed by atoms with Gasteiger partial charge in [0.05, 0.1) is 11.8 Å². The number of nitrogens with zero attached hydrogens (tertiary/aromatic N) is 4. The average molecular weight is 356 g/mol. The Morgan fingerprint density at radius 3 is 2.12 bits per heavy atom. The zero-order valence-corrected chi connectivity index (χ0v) is 12.0. The van der Waals surface area contributed by atoms with Crippen LogP contribution in [0.4, 0.5) is 32.2 Å². The number of halogens is 6. The van der Waals surface area contributed by atoms with Crippen molar-refractivity contribution in [3.63, 3.8) is 0 Å². The molecule has 0 saturated carbocycles. The maximum atomic E-state index is 13.0. The fraction of sp³-hybridized carbons (Fsp3) is 0.133. The predicted molar refractivity (Wildman–Crippen MR) is 74.7 cm³/mol. The molecule has 0 saturated heterocycles. The van der Waals surface area contributed by atoms with Crippen LogP contribution in [0.1, 0.15) is 11.3 Å². The molecule has 128 valence electrons. The molecule has 3 aromatic rings. The van der Waals surface area contributed by atoms with E-state index in [9.17, 15) is 26.3 Å². The van der Waals surface area contributed by atoms with Crippen molar-refractivity contribution in [2.45, 2.75) is 12.4 Å². The Balaban J connectivity index is 2.23. The van der Waals surface area contributed by atoms with Crippen molar-refractivity contribution in [1.29, 1.82) is 0 Å². The Bertz CT molecular complexity index is 977. The second-order valence-corrected chi connectivity index (χ2v) is 4.97. The van der Waals surface area contributed by atoms with Crippen LogP contribution in [0.2, 0.25) is 0 Å². The molecule has 0 fully saturated rings. The van der Waals surface area contributed by atoms with Gasteiger partial charge >= 0.3 is 12.4 Å². The van der Waals surface area contributed by atoms with Gasteiger partial charge in [0.1, 0.15) is 5.69 Å². The number of alkyl halides is 6. The van der Waals surface area contributed by atoms with Crippen molar-refractivity contribution < 1.29 is 26.3 Å². The van der Waals surface area contributed by atoms with Gasteiger partial charge in [-0.3, -0.25) is 0 Å². The van der Waals surface area contributed by atoms with E-state index in [-0.39, 0.29) is 22.7 Å². The summed E-state index contributed by atoms with van der Waals surface area (Å²) in [5.41, 5.74) is -2.23. The largest absolute Gasteiger partial charge is 0.433 e. The van der Waals surface area contributed by atoms with E-state index in [0.717, 1.165) is 30.5 Å². The summed E-state index contributed by atoms with van der Waals surface area (Å²) < 4.78 is 77.6. The number of hydrogen-bond acceptors (Lipinski definition) is 2. The summed E-state index contributed by atoms with van der Waals surface area (Å²) in [7, 11) is 0. The first kappa shape index (κ1) is 16.8. The SMILES string of the molecule is [C-]#[N+]c1cn2c(C(F)(F)F)cnc2c(-c2ccc(C(F)(F)F)cc2)n1. The summed E-state index contributed by atoms with van der Waals surface area (Å²) >= 11 is 0. The first-order valence-corrected chi connectivity index (χ1v) is 6.61. The highest BCUT2D eigenvalue weighted by molar-refractivity contribution is 5.76. The van der Waals surface area contributed by atoms with Crippen molar-refractivity contribution in [3.8, 4) is 11.3 Å². The maximum absolute atomic E-state index is 13.0. The van der Waals surface area contributed by atoms with Crippen molar-refractivity contribution >= 4 is 11.5 Å². The molecule has 2 heterocycles. The summed E-state index contributed by atoms with van der Waals surface area (Å²) in [5, 5.41) is 0. The lowest BCUT2D eigenvalue weighted by molar-refractivity contribution is -0.141. The Morgan fingerprint density at radius 2 is 1.60 bits per heavy atom. The minimum Gasteiger partial charge on any atom is -0.359 e. The molecular formula is C15H6F6N4. The highest BCUT2D eigenvalue weighted by atomic mass is 19.4. The lowest BCUT2D eigenvalue weighted by Crippen LogP contribution is -2.09. The first-order valence-electron chi connectivity index (χ1n) is 6.61. The first-order chi connectivity index (χ1) is 11.6. The van der Waals surface area contributed by atoms with E-state index in [2.05, 4.69) is 14.8 Å². The highest BCUT2D eigenvalue weighted by Gasteiger charge is 2.36. The summed E-state index contributed by atoms with van der Waals surface area (Å²) in [4.78, 5) is 10.6. The van der Waals surface area contributed by atoms with Crippen molar-refractivity contribution in [2.75, 3.05) is 0 Å². The zero-order chi connectivity index (χ0) is 18.4. The Kier molecular flexibility index (Phi) is 3.67. The van der Waals surface area contributed by atoms with Crippen LogP contribution in [0.3, 0.4) is 0 Å². The molecule has 0 aliphatic carbocycles. The van der Waals surface area contributed by atoms with E-state index in [0.29, 0.717) is 10.6 Å². The van der Waals surface area contributed by atoms with Gasteiger partial charge < -0.3 is 9.25 Å². The van der Waals surface area contributed by atoms with Gasteiger partial charge in [-0.2, -0.15) is 26.3 Å². The number of imidazole rings is 1. The second-order valence-electron chi connectivity index (χ2n) is 4.97. The smallest absolute Gasteiger partial charge is 0.359 e. The molecule has 10 heteroatoms. The standard InChI is InChI=1S/C15H6F6N4/c1-22-11-7-25-10(15(19,20)21)6-23-13(25)12(24-11)8-2-4-9(5-3-8)14(16,17)18/h2-7H. The van der Waals surface area contributed by atoms with E-state index in [1.165, 1.54) is 0 Å². The molecular weight excluding hydrogens is 350 g/mol. The lowest BCUT2D eigenvalue weighted by Gasteiger charge is -2.08. The van der Waals surface area contributed by atoms with Gasteiger partial charge in [-0.25, -0.2) is 4.98 Å². The van der Waals surface area contributed by atoms with E-state index >= 15 is 0 Å². The average Bonchev–Trinajstić information content (AvgIpc) is 2.97. The Hall–Kier alpha value is -3.09. The second kappa shape index (κ2) is 5.47. The number of benzene rings is 1. The van der Waals surface area contributed by atoms with Crippen LogP contribution in [0.5, 0.6) is 0 Å². The van der Waals surface area contributed by atoms with E-state index in [1.54, 1.807) is 0 Å². The molecule has 0 N–H and O–H groups in total. The molecule has 4 nitrogen and oxygen atoms in total. The summed E-state index contributed by atoms with van der Waals surface area (Å²) in [5.74, 6) is -0.342. The summed E-state index contributed by atoms with van der Waals surface area (Å²) in [6.07, 6.45) is -7.79. The minimum absolute atomic E-state index is 0.113. The predicted octanol–water partition coefficient (Wildman–Crippen LogP) is 4.98. The molecule has 0 unspecified atom stereocenters. The molecule has 0 amide bonds. The van der Waals surface area contributed by atoms with Crippen LogP contribution < -0.4 is 0 Å². The Labute approximate surface area is 136 Å². The van der Waals surface area contributed by atoms with E-state index in [1.807, 2.05) is 0 Å². The Morgan fingerprint density at radius 1 is 0.960 bits per heavy atom. The van der Waals surface area contributed by atoms with Gasteiger partial charge in [0, 0.05) is 11.8 Å². The minimum atomic E-state index is -4.71. The van der Waals surface area contributed by atoms with Crippen LogP contribution in [0.15, 0.2) is 36.7 Å². The summed E-state index contributed by atoms with van der Waals surface area (Å²) in [6, 6.07) is 3.71. The molecule has 2 aromatic heterocycles. The van der Waals surface area contributed by atoms with Gasteiger partial charge in [-0.1, -0.05) is 6.57 Å². The third-order valence-electron chi connectivity index (χ3n) is 3.37. The molecule has 0 atom stereocenters. The summed E-state index contributed by atoms with van der Waals surface area (Å²) in [6.45, 7) is 6.97. The van der Waals surface area contributed by atoms with Gasteiger partial charge in [-0.05, 0) is 24.3 Å². The van der Waals surface area contributed by atoms with Gasteiger partial charge in [0.15, 0.2) is 5.65 Å². The van der Waals surface area contributed by atoms with E-state index < -0.39 is 23.6 Å². The van der Waals surface area contributed by atoms with Crippen LogP contribution >= 0.6 is 0 Å². The number of aromatic nitrogens is 3. The van der Waals surface area contributed by atoms with Gasteiger partial charge in [-0.15, -0.1) is 4.98 Å².